The van der Waals surface area contributed by atoms with Gasteiger partial charge in [-0.2, -0.15) is 0 Å². The Labute approximate surface area is 179 Å². The van der Waals surface area contributed by atoms with Crippen molar-refractivity contribution in [2.75, 3.05) is 4.90 Å². The summed E-state index contributed by atoms with van der Waals surface area (Å²) in [5, 5.41) is 2.65. The van der Waals surface area contributed by atoms with E-state index >= 15 is 0 Å². The second-order valence-corrected chi connectivity index (χ2v) is 7.03. The van der Waals surface area contributed by atoms with Gasteiger partial charge in [0.1, 0.15) is 17.9 Å². The molecule has 5 nitrogen and oxygen atoms in total. The molecule has 0 spiro atoms. The van der Waals surface area contributed by atoms with Gasteiger partial charge in [0.25, 0.3) is 11.8 Å². The molecule has 4 rings (SSSR count). The lowest BCUT2D eigenvalue weighted by atomic mass is 10.1. The largest absolute Gasteiger partial charge is 0.489 e. The minimum atomic E-state index is -0.521. The van der Waals surface area contributed by atoms with Crippen molar-refractivity contribution in [2.45, 2.75) is 6.61 Å². The van der Waals surface area contributed by atoms with Gasteiger partial charge in [-0.15, -0.1) is 0 Å². The summed E-state index contributed by atoms with van der Waals surface area (Å²) < 4.78 is 5.84. The smallest absolute Gasteiger partial charge is 0.270 e. The first-order chi connectivity index (χ1) is 14.6. The molecule has 1 N–H and O–H groups in total. The molecule has 0 radical (unpaired) electrons. The summed E-state index contributed by atoms with van der Waals surface area (Å²) in [6, 6.07) is 26.0. The van der Waals surface area contributed by atoms with Gasteiger partial charge in [0.15, 0.2) is 5.11 Å². The maximum Gasteiger partial charge on any atom is 0.270 e. The van der Waals surface area contributed by atoms with Gasteiger partial charge in [-0.1, -0.05) is 60.7 Å². The van der Waals surface area contributed by atoms with Crippen LogP contribution in [0.2, 0.25) is 0 Å². The molecular formula is C24H18N2O3S. The number of carbonyl (C=O) groups excluding carboxylic acids is 2. The third-order valence-corrected chi connectivity index (χ3v) is 4.82. The van der Waals surface area contributed by atoms with Crippen molar-refractivity contribution < 1.29 is 14.3 Å². The predicted molar refractivity (Wildman–Crippen MR) is 120 cm³/mol. The molecule has 0 bridgehead atoms. The van der Waals surface area contributed by atoms with Crippen LogP contribution in [-0.4, -0.2) is 16.9 Å². The summed E-state index contributed by atoms with van der Waals surface area (Å²) in [6.07, 6.45) is 1.55. The van der Waals surface area contributed by atoms with E-state index in [0.29, 0.717) is 23.6 Å². The minimum Gasteiger partial charge on any atom is -0.489 e. The molecule has 1 fully saturated rings. The van der Waals surface area contributed by atoms with Crippen molar-refractivity contribution in [1.82, 2.24) is 5.32 Å². The van der Waals surface area contributed by atoms with Crippen LogP contribution in [0.3, 0.4) is 0 Å². The number of rotatable bonds is 5. The van der Waals surface area contributed by atoms with Gasteiger partial charge in [-0.05, 0) is 53.7 Å². The van der Waals surface area contributed by atoms with Crippen LogP contribution in [0.15, 0.2) is 90.5 Å². The van der Waals surface area contributed by atoms with E-state index in [2.05, 4.69) is 5.32 Å². The minimum absolute atomic E-state index is 0.00709. The summed E-state index contributed by atoms with van der Waals surface area (Å²) >= 11 is 5.21. The van der Waals surface area contributed by atoms with Crippen molar-refractivity contribution in [3.05, 3.63) is 102 Å². The number of benzene rings is 3. The number of nitrogens with zero attached hydrogens (tertiary/aromatic N) is 1. The fourth-order valence-corrected chi connectivity index (χ4v) is 3.35. The third kappa shape index (κ3) is 4.29. The van der Waals surface area contributed by atoms with Gasteiger partial charge in [0.05, 0.1) is 5.69 Å². The van der Waals surface area contributed by atoms with E-state index in [9.17, 15) is 9.59 Å². The Morgan fingerprint density at radius 1 is 0.900 bits per heavy atom. The number of para-hydroxylation sites is 1. The van der Waals surface area contributed by atoms with Crippen LogP contribution in [0, 0.1) is 0 Å². The van der Waals surface area contributed by atoms with E-state index < -0.39 is 11.8 Å². The third-order valence-electron chi connectivity index (χ3n) is 4.53. The van der Waals surface area contributed by atoms with Gasteiger partial charge in [0, 0.05) is 0 Å². The number of carbonyl (C=O) groups is 2. The van der Waals surface area contributed by atoms with E-state index in [1.807, 2.05) is 54.6 Å². The van der Waals surface area contributed by atoms with E-state index in [1.165, 1.54) is 4.90 Å². The quantitative estimate of drug-likeness (QED) is 0.388. The number of anilines is 1. The highest BCUT2D eigenvalue weighted by Gasteiger charge is 2.34. The average Bonchev–Trinajstić information content (AvgIpc) is 2.77. The van der Waals surface area contributed by atoms with Crippen LogP contribution in [0.5, 0.6) is 5.75 Å². The molecule has 0 atom stereocenters. The topological polar surface area (TPSA) is 58.6 Å². The molecule has 3 aromatic carbocycles. The van der Waals surface area contributed by atoms with Crippen molar-refractivity contribution in [1.29, 1.82) is 0 Å². The fraction of sp³-hybridized carbons (Fsp3) is 0.0417. The zero-order valence-electron chi connectivity index (χ0n) is 15.9. The summed E-state index contributed by atoms with van der Waals surface area (Å²) in [5.74, 6) is -0.342. The lowest BCUT2D eigenvalue weighted by molar-refractivity contribution is -0.122. The predicted octanol–water partition coefficient (Wildman–Crippen LogP) is 4.10. The van der Waals surface area contributed by atoms with E-state index in [4.69, 9.17) is 17.0 Å². The van der Waals surface area contributed by atoms with Gasteiger partial charge in [-0.3, -0.25) is 19.8 Å². The molecule has 30 heavy (non-hydrogen) atoms. The summed E-state index contributed by atoms with van der Waals surface area (Å²) in [6.45, 7) is 0.427. The van der Waals surface area contributed by atoms with Crippen LogP contribution >= 0.6 is 12.2 Å². The molecule has 148 valence electrons. The van der Waals surface area contributed by atoms with Gasteiger partial charge in [-0.25, -0.2) is 0 Å². The zero-order valence-corrected chi connectivity index (χ0v) is 16.8. The SMILES string of the molecule is O=C1NC(=S)N(c2ccccc2)C(=O)C1=Cc1cccc(OCc2ccccc2)c1. The molecular weight excluding hydrogens is 396 g/mol. The van der Waals surface area contributed by atoms with Crippen LogP contribution in [-0.2, 0) is 16.2 Å². The maximum atomic E-state index is 13.0. The molecule has 3 aromatic rings. The number of hydrogen-bond donors (Lipinski definition) is 1. The molecule has 1 heterocycles. The van der Waals surface area contributed by atoms with Crippen molar-refractivity contribution >= 4 is 40.9 Å². The molecule has 1 aliphatic rings. The van der Waals surface area contributed by atoms with Crippen molar-refractivity contribution in [2.24, 2.45) is 0 Å². The average molecular weight is 414 g/mol. The van der Waals surface area contributed by atoms with Crippen LogP contribution < -0.4 is 15.0 Å². The Morgan fingerprint density at radius 2 is 1.60 bits per heavy atom. The first kappa shape index (κ1) is 19.5. The number of amides is 2. The Bertz CT molecular complexity index is 1130. The second-order valence-electron chi connectivity index (χ2n) is 6.64. The van der Waals surface area contributed by atoms with Gasteiger partial charge in [0.2, 0.25) is 0 Å². The van der Waals surface area contributed by atoms with Gasteiger partial charge < -0.3 is 4.74 Å². The lowest BCUT2D eigenvalue weighted by Crippen LogP contribution is -2.54. The van der Waals surface area contributed by atoms with Crippen molar-refractivity contribution in [3.8, 4) is 5.75 Å². The Morgan fingerprint density at radius 3 is 2.33 bits per heavy atom. The summed E-state index contributed by atoms with van der Waals surface area (Å²) in [4.78, 5) is 26.8. The maximum absolute atomic E-state index is 13.0. The molecule has 1 saturated heterocycles. The second kappa shape index (κ2) is 8.71. The Kier molecular flexibility index (Phi) is 5.68. The molecule has 0 aliphatic carbocycles. The number of hydrogen-bond acceptors (Lipinski definition) is 4. The molecule has 0 saturated carbocycles. The zero-order chi connectivity index (χ0) is 20.9. The highest BCUT2D eigenvalue weighted by atomic mass is 32.1. The Balaban J connectivity index is 1.58. The first-order valence-corrected chi connectivity index (χ1v) is 9.76. The van der Waals surface area contributed by atoms with Crippen LogP contribution in [0.1, 0.15) is 11.1 Å². The van der Waals surface area contributed by atoms with E-state index in [-0.39, 0.29) is 10.7 Å². The molecule has 6 heteroatoms. The van der Waals surface area contributed by atoms with Crippen LogP contribution in [0.4, 0.5) is 5.69 Å². The van der Waals surface area contributed by atoms with E-state index in [1.54, 1.807) is 36.4 Å². The fourth-order valence-electron chi connectivity index (χ4n) is 3.07. The Hall–Kier alpha value is -3.77. The van der Waals surface area contributed by atoms with Crippen LogP contribution in [0.25, 0.3) is 6.08 Å². The molecule has 0 aromatic heterocycles. The summed E-state index contributed by atoms with van der Waals surface area (Å²) in [7, 11) is 0. The lowest BCUT2D eigenvalue weighted by Gasteiger charge is -2.28. The molecule has 1 aliphatic heterocycles. The molecule has 0 unspecified atom stereocenters. The van der Waals surface area contributed by atoms with E-state index in [0.717, 1.165) is 5.56 Å². The van der Waals surface area contributed by atoms with Crippen molar-refractivity contribution in [3.63, 3.8) is 0 Å². The normalized spacial score (nSPS) is 15.3. The number of thiocarbonyl (C=S) groups is 1. The number of ether oxygens (including phenoxy) is 1. The number of nitrogens with one attached hydrogen (secondary N) is 1. The first-order valence-electron chi connectivity index (χ1n) is 9.35. The van der Waals surface area contributed by atoms with Gasteiger partial charge >= 0.3 is 0 Å². The highest BCUT2D eigenvalue weighted by molar-refractivity contribution is 7.80. The standard InChI is InChI=1S/C24H18N2O3S/c27-22-21(23(28)26(24(30)25-22)19-11-5-2-6-12-19)15-18-10-7-13-20(14-18)29-16-17-8-3-1-4-9-17/h1-15H,16H2,(H,25,27,30). The summed E-state index contributed by atoms with van der Waals surface area (Å²) in [5.41, 5.74) is 2.33. The highest BCUT2D eigenvalue weighted by Crippen LogP contribution is 2.23. The monoisotopic (exact) mass is 414 g/mol. The molecule has 2 amide bonds.